The number of benzene rings is 2. The number of para-hydroxylation sites is 2. The van der Waals surface area contributed by atoms with E-state index < -0.39 is 0 Å². The summed E-state index contributed by atoms with van der Waals surface area (Å²) in [5.41, 5.74) is 2.32. The summed E-state index contributed by atoms with van der Waals surface area (Å²) in [6.45, 7) is 4.97. The Kier molecular flexibility index (Phi) is 4.90. The third-order valence-electron chi connectivity index (χ3n) is 4.16. The number of hydrogen-bond acceptors (Lipinski definition) is 4. The highest BCUT2D eigenvalue weighted by Crippen LogP contribution is 2.27. The van der Waals surface area contributed by atoms with Gasteiger partial charge >= 0.3 is 0 Å². The molecule has 1 aliphatic rings. The molecule has 3 rings (SSSR count). The summed E-state index contributed by atoms with van der Waals surface area (Å²) in [5, 5.41) is 9.96. The van der Waals surface area contributed by atoms with Crippen molar-refractivity contribution < 1.29 is 5.11 Å². The van der Waals surface area contributed by atoms with E-state index in [9.17, 15) is 5.11 Å². The predicted molar refractivity (Wildman–Crippen MR) is 93.8 cm³/mol. The van der Waals surface area contributed by atoms with E-state index in [0.29, 0.717) is 5.75 Å². The fraction of sp³-hybridized carbons (Fsp3) is 0.333. The van der Waals surface area contributed by atoms with Crippen LogP contribution < -0.4 is 4.90 Å². The number of phenolic OH excluding ortho intramolecular Hbond substituents is 1. The maximum atomic E-state index is 9.96. The fourth-order valence-electron chi connectivity index (χ4n) is 2.87. The second kappa shape index (κ2) is 7.07. The normalized spacial score (nSPS) is 16.0. The summed E-state index contributed by atoms with van der Waals surface area (Å²) in [7, 11) is 0. The van der Waals surface area contributed by atoms with Crippen molar-refractivity contribution in [3.05, 3.63) is 54.1 Å². The number of piperazine rings is 1. The maximum Gasteiger partial charge on any atom is 0.138 e. The standard InChI is InChI=1S/C18H22N2OS/c1-22-16-8-6-15(7-9-16)14-19-10-12-20(13-11-19)17-4-2-3-5-18(17)21/h2-9,21H,10-14H2,1H3. The van der Waals surface area contributed by atoms with Crippen molar-refractivity contribution in [3.63, 3.8) is 0 Å². The number of rotatable bonds is 4. The van der Waals surface area contributed by atoms with Gasteiger partial charge in [-0.3, -0.25) is 4.90 Å². The van der Waals surface area contributed by atoms with Gasteiger partial charge in [-0.2, -0.15) is 0 Å². The summed E-state index contributed by atoms with van der Waals surface area (Å²) in [5.74, 6) is 0.378. The molecule has 2 aromatic carbocycles. The fourth-order valence-corrected chi connectivity index (χ4v) is 3.28. The van der Waals surface area contributed by atoms with Crippen molar-refractivity contribution in [2.45, 2.75) is 11.4 Å². The summed E-state index contributed by atoms with van der Waals surface area (Å²) in [6.07, 6.45) is 2.10. The van der Waals surface area contributed by atoms with Crippen molar-refractivity contribution in [1.82, 2.24) is 4.90 Å². The zero-order valence-electron chi connectivity index (χ0n) is 12.9. The molecule has 4 heteroatoms. The van der Waals surface area contributed by atoms with Gasteiger partial charge in [0.2, 0.25) is 0 Å². The Morgan fingerprint density at radius 3 is 2.27 bits per heavy atom. The molecule has 0 atom stereocenters. The lowest BCUT2D eigenvalue weighted by Gasteiger charge is -2.36. The lowest BCUT2D eigenvalue weighted by Crippen LogP contribution is -2.45. The Labute approximate surface area is 136 Å². The first-order valence-electron chi connectivity index (χ1n) is 7.64. The summed E-state index contributed by atoms with van der Waals surface area (Å²) >= 11 is 1.78. The van der Waals surface area contributed by atoms with Gasteiger partial charge in [0.25, 0.3) is 0 Å². The van der Waals surface area contributed by atoms with E-state index in [-0.39, 0.29) is 0 Å². The van der Waals surface area contributed by atoms with Gasteiger partial charge in [0, 0.05) is 37.6 Å². The minimum absolute atomic E-state index is 0.378. The molecule has 0 saturated carbocycles. The average molecular weight is 314 g/mol. The molecule has 0 radical (unpaired) electrons. The second-order valence-corrected chi connectivity index (χ2v) is 6.48. The largest absolute Gasteiger partial charge is 0.506 e. The van der Waals surface area contributed by atoms with Gasteiger partial charge in [0.1, 0.15) is 5.75 Å². The molecule has 1 fully saturated rings. The van der Waals surface area contributed by atoms with Gasteiger partial charge in [0.05, 0.1) is 5.69 Å². The van der Waals surface area contributed by atoms with Crippen LogP contribution in [-0.4, -0.2) is 42.4 Å². The van der Waals surface area contributed by atoms with Crippen LogP contribution in [0.4, 0.5) is 5.69 Å². The second-order valence-electron chi connectivity index (χ2n) is 5.60. The van der Waals surface area contributed by atoms with Crippen LogP contribution in [0.1, 0.15) is 5.56 Å². The van der Waals surface area contributed by atoms with Crippen LogP contribution in [0.5, 0.6) is 5.75 Å². The van der Waals surface area contributed by atoms with Crippen LogP contribution in [0.3, 0.4) is 0 Å². The SMILES string of the molecule is CSc1ccc(CN2CCN(c3ccccc3O)CC2)cc1. The maximum absolute atomic E-state index is 9.96. The van der Waals surface area contributed by atoms with E-state index in [1.165, 1.54) is 10.5 Å². The topological polar surface area (TPSA) is 26.7 Å². The van der Waals surface area contributed by atoms with Crippen molar-refractivity contribution in [3.8, 4) is 5.75 Å². The molecular formula is C18H22N2OS. The number of hydrogen-bond donors (Lipinski definition) is 1. The Morgan fingerprint density at radius 1 is 0.955 bits per heavy atom. The van der Waals surface area contributed by atoms with E-state index in [1.807, 2.05) is 18.2 Å². The van der Waals surface area contributed by atoms with Crippen LogP contribution in [0, 0.1) is 0 Å². The lowest BCUT2D eigenvalue weighted by molar-refractivity contribution is 0.249. The Hall–Kier alpha value is -1.65. The molecule has 0 bridgehead atoms. The number of aromatic hydroxyl groups is 1. The van der Waals surface area contributed by atoms with Crippen LogP contribution in [0.2, 0.25) is 0 Å². The van der Waals surface area contributed by atoms with Crippen molar-refractivity contribution in [1.29, 1.82) is 0 Å². The first kappa shape index (κ1) is 15.3. The van der Waals surface area contributed by atoms with Crippen LogP contribution in [0.25, 0.3) is 0 Å². The molecule has 0 aromatic heterocycles. The number of thioether (sulfide) groups is 1. The van der Waals surface area contributed by atoms with E-state index >= 15 is 0 Å². The minimum atomic E-state index is 0.378. The summed E-state index contributed by atoms with van der Waals surface area (Å²) in [6, 6.07) is 16.4. The smallest absolute Gasteiger partial charge is 0.138 e. The zero-order valence-corrected chi connectivity index (χ0v) is 13.7. The molecule has 22 heavy (non-hydrogen) atoms. The van der Waals surface area contributed by atoms with Gasteiger partial charge < -0.3 is 10.0 Å². The molecule has 0 aliphatic carbocycles. The monoisotopic (exact) mass is 314 g/mol. The highest BCUT2D eigenvalue weighted by Gasteiger charge is 2.18. The lowest BCUT2D eigenvalue weighted by atomic mass is 10.2. The zero-order chi connectivity index (χ0) is 15.4. The molecule has 0 amide bonds. The highest BCUT2D eigenvalue weighted by molar-refractivity contribution is 7.98. The molecule has 1 N–H and O–H groups in total. The molecule has 1 saturated heterocycles. The third-order valence-corrected chi connectivity index (χ3v) is 4.90. The van der Waals surface area contributed by atoms with E-state index in [1.54, 1.807) is 17.8 Å². The predicted octanol–water partition coefficient (Wildman–Crippen LogP) is 3.44. The van der Waals surface area contributed by atoms with Crippen molar-refractivity contribution in [2.24, 2.45) is 0 Å². The van der Waals surface area contributed by atoms with E-state index in [0.717, 1.165) is 38.4 Å². The van der Waals surface area contributed by atoms with Crippen LogP contribution >= 0.6 is 11.8 Å². The van der Waals surface area contributed by atoms with Crippen LogP contribution in [0.15, 0.2) is 53.4 Å². The van der Waals surface area contributed by atoms with Crippen molar-refractivity contribution in [2.75, 3.05) is 37.3 Å². The van der Waals surface area contributed by atoms with Gasteiger partial charge in [-0.1, -0.05) is 24.3 Å². The molecular weight excluding hydrogens is 292 g/mol. The Bertz CT molecular complexity index is 607. The summed E-state index contributed by atoms with van der Waals surface area (Å²) < 4.78 is 0. The van der Waals surface area contributed by atoms with E-state index in [4.69, 9.17) is 0 Å². The van der Waals surface area contributed by atoms with Crippen LogP contribution in [-0.2, 0) is 6.54 Å². The first-order valence-corrected chi connectivity index (χ1v) is 8.87. The van der Waals surface area contributed by atoms with Gasteiger partial charge in [-0.15, -0.1) is 11.8 Å². The molecule has 0 spiro atoms. The number of anilines is 1. The van der Waals surface area contributed by atoms with Gasteiger partial charge in [-0.25, -0.2) is 0 Å². The quantitative estimate of drug-likeness (QED) is 0.875. The first-order chi connectivity index (χ1) is 10.8. The molecule has 1 aliphatic heterocycles. The average Bonchev–Trinajstić information content (AvgIpc) is 2.57. The number of nitrogens with zero attached hydrogens (tertiary/aromatic N) is 2. The van der Waals surface area contributed by atoms with Crippen molar-refractivity contribution >= 4 is 17.4 Å². The molecule has 0 unspecified atom stereocenters. The molecule has 3 nitrogen and oxygen atoms in total. The minimum Gasteiger partial charge on any atom is -0.506 e. The van der Waals surface area contributed by atoms with Gasteiger partial charge in [-0.05, 0) is 36.1 Å². The van der Waals surface area contributed by atoms with Gasteiger partial charge in [0.15, 0.2) is 0 Å². The highest BCUT2D eigenvalue weighted by atomic mass is 32.2. The molecule has 2 aromatic rings. The number of phenols is 1. The molecule has 116 valence electrons. The summed E-state index contributed by atoms with van der Waals surface area (Å²) in [4.78, 5) is 6.06. The Balaban J connectivity index is 1.56. The Morgan fingerprint density at radius 2 is 1.64 bits per heavy atom. The van der Waals surface area contributed by atoms with E-state index in [2.05, 4.69) is 40.3 Å². The third kappa shape index (κ3) is 3.57. The molecule has 1 heterocycles.